The van der Waals surface area contributed by atoms with Crippen LogP contribution in [-0.4, -0.2) is 43.5 Å². The maximum Gasteiger partial charge on any atom is 0.244 e. The van der Waals surface area contributed by atoms with Crippen LogP contribution in [0, 0.1) is 5.41 Å². The van der Waals surface area contributed by atoms with E-state index in [1.807, 2.05) is 32.9 Å². The number of hydrogen-bond donors (Lipinski definition) is 2. The zero-order chi connectivity index (χ0) is 18.2. The number of nitrogens with two attached hydrogens (primary N) is 1. The maximum atomic E-state index is 12.8. The highest BCUT2D eigenvalue weighted by Crippen LogP contribution is 2.28. The number of carbonyl (C=O) groups excluding carboxylic acids is 2. The molecule has 0 spiro atoms. The monoisotopic (exact) mass is 371 g/mol. The first-order valence-corrected chi connectivity index (χ1v) is 8.40. The van der Waals surface area contributed by atoms with Gasteiger partial charge < -0.3 is 20.7 Å². The standard InChI is InChI=1S/C18H29N3O3.ClH/c1-5-18(6-2,13-19)17(23)21(7-3)12-16(22)20-14-10-8-9-11-15(14)24-4;/h8-11H,5-7,12-13,19H2,1-4H3,(H,20,22);1H. The Morgan fingerprint density at radius 2 is 1.80 bits per heavy atom. The van der Waals surface area contributed by atoms with Crippen molar-refractivity contribution in [2.24, 2.45) is 11.1 Å². The molecule has 1 rings (SSSR count). The van der Waals surface area contributed by atoms with E-state index in [-0.39, 0.29) is 37.3 Å². The second-order valence-electron chi connectivity index (χ2n) is 5.76. The Bertz CT molecular complexity index is 554. The van der Waals surface area contributed by atoms with Crippen molar-refractivity contribution in [2.45, 2.75) is 33.6 Å². The van der Waals surface area contributed by atoms with E-state index in [0.717, 1.165) is 0 Å². The lowest BCUT2D eigenvalue weighted by atomic mass is 9.81. The molecule has 0 aliphatic rings. The number of ether oxygens (including phenoxy) is 1. The second kappa shape index (κ2) is 10.9. The molecular weight excluding hydrogens is 342 g/mol. The molecule has 3 N–H and O–H groups in total. The van der Waals surface area contributed by atoms with E-state index in [4.69, 9.17) is 10.5 Å². The Hall–Kier alpha value is -1.79. The number of rotatable bonds is 9. The minimum atomic E-state index is -0.597. The molecule has 0 aliphatic heterocycles. The first-order chi connectivity index (χ1) is 11.5. The van der Waals surface area contributed by atoms with Gasteiger partial charge in [0.2, 0.25) is 11.8 Å². The number of hydrogen-bond acceptors (Lipinski definition) is 4. The third kappa shape index (κ3) is 5.61. The van der Waals surface area contributed by atoms with Crippen molar-refractivity contribution in [3.05, 3.63) is 24.3 Å². The average molecular weight is 372 g/mol. The van der Waals surface area contributed by atoms with Crippen molar-refractivity contribution in [3.8, 4) is 5.75 Å². The molecule has 0 fully saturated rings. The highest BCUT2D eigenvalue weighted by Gasteiger charge is 2.36. The Morgan fingerprint density at radius 1 is 1.20 bits per heavy atom. The molecule has 0 unspecified atom stereocenters. The van der Waals surface area contributed by atoms with Crippen molar-refractivity contribution in [1.82, 2.24) is 4.90 Å². The summed E-state index contributed by atoms with van der Waals surface area (Å²) in [5, 5.41) is 2.80. The average Bonchev–Trinajstić information content (AvgIpc) is 2.62. The normalized spacial score (nSPS) is 10.6. The molecule has 0 radical (unpaired) electrons. The molecule has 0 saturated carbocycles. The number of halogens is 1. The zero-order valence-corrected chi connectivity index (χ0v) is 16.3. The van der Waals surface area contributed by atoms with Crippen LogP contribution in [0.3, 0.4) is 0 Å². The predicted molar refractivity (Wildman–Crippen MR) is 103 cm³/mol. The smallest absolute Gasteiger partial charge is 0.244 e. The molecule has 0 aliphatic carbocycles. The fourth-order valence-corrected chi connectivity index (χ4v) is 2.70. The Kier molecular flexibility index (Phi) is 10.2. The fourth-order valence-electron chi connectivity index (χ4n) is 2.70. The van der Waals surface area contributed by atoms with Crippen LogP contribution in [0.1, 0.15) is 33.6 Å². The summed E-state index contributed by atoms with van der Waals surface area (Å²) in [4.78, 5) is 26.8. The number of para-hydroxylation sites is 2. The Morgan fingerprint density at radius 3 is 2.28 bits per heavy atom. The summed E-state index contributed by atoms with van der Waals surface area (Å²) in [5.41, 5.74) is 5.84. The summed E-state index contributed by atoms with van der Waals surface area (Å²) in [5.74, 6) is 0.263. The van der Waals surface area contributed by atoms with Crippen LogP contribution in [0.2, 0.25) is 0 Å². The first-order valence-electron chi connectivity index (χ1n) is 8.40. The van der Waals surface area contributed by atoms with Gasteiger partial charge in [-0.3, -0.25) is 9.59 Å². The molecule has 6 nitrogen and oxygen atoms in total. The summed E-state index contributed by atoms with van der Waals surface area (Å²) >= 11 is 0. The molecule has 0 saturated heterocycles. The number of anilines is 1. The van der Waals surface area contributed by atoms with E-state index < -0.39 is 5.41 Å². The van der Waals surface area contributed by atoms with Gasteiger partial charge in [0.1, 0.15) is 5.75 Å². The summed E-state index contributed by atoms with van der Waals surface area (Å²) in [6.07, 6.45) is 1.31. The molecule has 0 heterocycles. The largest absolute Gasteiger partial charge is 0.495 e. The molecular formula is C18H30ClN3O3. The van der Waals surface area contributed by atoms with Gasteiger partial charge in [-0.25, -0.2) is 0 Å². The highest BCUT2D eigenvalue weighted by atomic mass is 35.5. The van der Waals surface area contributed by atoms with E-state index in [0.29, 0.717) is 30.8 Å². The number of nitrogens with zero attached hydrogens (tertiary/aromatic N) is 1. The van der Waals surface area contributed by atoms with Crippen molar-refractivity contribution < 1.29 is 14.3 Å². The summed E-state index contributed by atoms with van der Waals surface area (Å²) < 4.78 is 5.22. The molecule has 25 heavy (non-hydrogen) atoms. The summed E-state index contributed by atoms with van der Waals surface area (Å²) in [6.45, 7) is 6.51. The second-order valence-corrected chi connectivity index (χ2v) is 5.76. The van der Waals surface area contributed by atoms with Crippen LogP contribution in [0.4, 0.5) is 5.69 Å². The van der Waals surface area contributed by atoms with Crippen LogP contribution in [0.15, 0.2) is 24.3 Å². The molecule has 142 valence electrons. The van der Waals surface area contributed by atoms with Crippen molar-refractivity contribution >= 4 is 29.9 Å². The topological polar surface area (TPSA) is 84.7 Å². The number of methoxy groups -OCH3 is 1. The number of benzene rings is 1. The molecule has 1 aromatic rings. The van der Waals surface area contributed by atoms with Gasteiger partial charge in [0.15, 0.2) is 0 Å². The van der Waals surface area contributed by atoms with Gasteiger partial charge in [-0.2, -0.15) is 0 Å². The molecule has 7 heteroatoms. The molecule has 1 aromatic carbocycles. The quantitative estimate of drug-likeness (QED) is 0.698. The van der Waals surface area contributed by atoms with Gasteiger partial charge in [-0.15, -0.1) is 12.4 Å². The lowest BCUT2D eigenvalue weighted by Crippen LogP contribution is -2.49. The lowest BCUT2D eigenvalue weighted by molar-refractivity contribution is -0.144. The van der Waals surface area contributed by atoms with Gasteiger partial charge in [0, 0.05) is 13.1 Å². The number of amides is 2. The van der Waals surface area contributed by atoms with Crippen LogP contribution in [-0.2, 0) is 9.59 Å². The maximum absolute atomic E-state index is 12.8. The van der Waals surface area contributed by atoms with Gasteiger partial charge in [0.25, 0.3) is 0 Å². The van der Waals surface area contributed by atoms with Gasteiger partial charge in [0.05, 0.1) is 24.8 Å². The van der Waals surface area contributed by atoms with E-state index in [2.05, 4.69) is 5.32 Å². The SMILES string of the molecule is CCN(CC(=O)Nc1ccccc1OC)C(=O)C(CC)(CC)CN.Cl. The van der Waals surface area contributed by atoms with E-state index in [1.165, 1.54) is 0 Å². The molecule has 0 bridgehead atoms. The van der Waals surface area contributed by atoms with Crippen LogP contribution in [0.5, 0.6) is 5.75 Å². The minimum absolute atomic E-state index is 0. The molecule has 2 amide bonds. The van der Waals surface area contributed by atoms with Gasteiger partial charge in [-0.1, -0.05) is 26.0 Å². The number of nitrogens with one attached hydrogen (secondary N) is 1. The number of likely N-dealkylation sites (N-methyl/N-ethyl adjacent to an activating group) is 1. The predicted octanol–water partition coefficient (Wildman–Crippen LogP) is 2.67. The minimum Gasteiger partial charge on any atom is -0.495 e. The van der Waals surface area contributed by atoms with Crippen LogP contribution in [0.25, 0.3) is 0 Å². The van der Waals surface area contributed by atoms with Gasteiger partial charge >= 0.3 is 0 Å². The van der Waals surface area contributed by atoms with Crippen molar-refractivity contribution in [1.29, 1.82) is 0 Å². The molecule has 0 aromatic heterocycles. The van der Waals surface area contributed by atoms with E-state index in [1.54, 1.807) is 24.1 Å². The lowest BCUT2D eigenvalue weighted by Gasteiger charge is -2.34. The molecule has 0 atom stereocenters. The summed E-state index contributed by atoms with van der Waals surface area (Å²) in [7, 11) is 1.55. The fraction of sp³-hybridized carbons (Fsp3) is 0.556. The first kappa shape index (κ1) is 23.2. The third-order valence-electron chi connectivity index (χ3n) is 4.58. The number of carbonyl (C=O) groups is 2. The van der Waals surface area contributed by atoms with Crippen molar-refractivity contribution in [3.63, 3.8) is 0 Å². The van der Waals surface area contributed by atoms with E-state index in [9.17, 15) is 9.59 Å². The Balaban J connectivity index is 0.00000576. The van der Waals surface area contributed by atoms with Gasteiger partial charge in [-0.05, 0) is 31.9 Å². The van der Waals surface area contributed by atoms with Crippen LogP contribution < -0.4 is 15.8 Å². The van der Waals surface area contributed by atoms with Crippen LogP contribution >= 0.6 is 12.4 Å². The third-order valence-corrected chi connectivity index (χ3v) is 4.58. The highest BCUT2D eigenvalue weighted by molar-refractivity contribution is 5.96. The summed E-state index contributed by atoms with van der Waals surface area (Å²) in [6, 6.07) is 7.17. The van der Waals surface area contributed by atoms with E-state index >= 15 is 0 Å². The zero-order valence-electron chi connectivity index (χ0n) is 15.5. The Labute approximate surface area is 156 Å². The van der Waals surface area contributed by atoms with Crippen molar-refractivity contribution in [2.75, 3.05) is 32.1 Å².